The zero-order valence-electron chi connectivity index (χ0n) is 7.79. The molecule has 0 unspecified atom stereocenters. The first-order chi connectivity index (χ1) is 5.37. The molecule has 0 saturated carbocycles. The minimum Gasteiger partial charge on any atom is -0.481 e. The van der Waals surface area contributed by atoms with Crippen molar-refractivity contribution in [2.24, 2.45) is 5.41 Å². The summed E-state index contributed by atoms with van der Waals surface area (Å²) in [4.78, 5) is 10.3. The molecule has 0 saturated heterocycles. The molecular formula is C9H16O2S. The number of rotatable bonds is 4. The molecule has 1 N–H and O–H groups in total. The minimum absolute atomic E-state index is 0.0113. The van der Waals surface area contributed by atoms with Crippen molar-refractivity contribution in [3.8, 4) is 0 Å². The van der Waals surface area contributed by atoms with Crippen LogP contribution in [0.2, 0.25) is 0 Å². The molecule has 0 aliphatic rings. The Morgan fingerprint density at radius 3 is 2.42 bits per heavy atom. The Hall–Kier alpha value is -0.440. The number of carboxylic acids is 1. The lowest BCUT2D eigenvalue weighted by molar-refractivity contribution is -0.136. The number of allylic oxidation sites excluding steroid dienone is 1. The monoisotopic (exact) mass is 188 g/mol. The fraction of sp³-hybridized carbons (Fsp3) is 0.667. The molecule has 0 rings (SSSR count). The second-order valence-electron chi connectivity index (χ2n) is 3.71. The summed E-state index contributed by atoms with van der Waals surface area (Å²) in [6.07, 6.45) is 2.09. The largest absolute Gasteiger partial charge is 0.481 e. The highest BCUT2D eigenvalue weighted by atomic mass is 32.1. The number of thiol groups is 1. The zero-order chi connectivity index (χ0) is 9.78. The van der Waals surface area contributed by atoms with Crippen LogP contribution in [0.25, 0.3) is 0 Å². The van der Waals surface area contributed by atoms with E-state index in [-0.39, 0.29) is 11.8 Å². The van der Waals surface area contributed by atoms with Gasteiger partial charge in [-0.25, -0.2) is 0 Å². The Morgan fingerprint density at radius 1 is 1.58 bits per heavy atom. The van der Waals surface area contributed by atoms with Crippen LogP contribution in [-0.2, 0) is 4.79 Å². The molecule has 0 bridgehead atoms. The summed E-state index contributed by atoms with van der Waals surface area (Å²) in [5.74, 6) is -0.0528. The summed E-state index contributed by atoms with van der Waals surface area (Å²) < 4.78 is 0. The van der Waals surface area contributed by atoms with E-state index in [1.807, 2.05) is 26.8 Å². The van der Waals surface area contributed by atoms with Crippen LogP contribution in [0.3, 0.4) is 0 Å². The summed E-state index contributed by atoms with van der Waals surface area (Å²) in [6, 6.07) is 0. The van der Waals surface area contributed by atoms with Crippen LogP contribution < -0.4 is 0 Å². The average Bonchev–Trinajstić information content (AvgIpc) is 1.84. The molecule has 0 spiro atoms. The second kappa shape index (κ2) is 4.55. The van der Waals surface area contributed by atoms with Gasteiger partial charge in [0.25, 0.3) is 0 Å². The van der Waals surface area contributed by atoms with Gasteiger partial charge in [-0.2, -0.15) is 12.6 Å². The van der Waals surface area contributed by atoms with Gasteiger partial charge in [0.2, 0.25) is 0 Å². The molecule has 0 aromatic heterocycles. The highest BCUT2D eigenvalue weighted by Gasteiger charge is 2.12. The van der Waals surface area contributed by atoms with Gasteiger partial charge in [-0.05, 0) is 18.1 Å². The smallest absolute Gasteiger partial charge is 0.307 e. The van der Waals surface area contributed by atoms with Gasteiger partial charge < -0.3 is 5.11 Å². The lowest BCUT2D eigenvalue weighted by Crippen LogP contribution is -2.10. The molecule has 0 heterocycles. The van der Waals surface area contributed by atoms with Crippen LogP contribution in [0.5, 0.6) is 0 Å². The molecule has 2 nitrogen and oxygen atoms in total. The summed E-state index contributed by atoms with van der Waals surface area (Å²) in [5.41, 5.74) is 0.879. The number of carboxylic acid groups (broad SMARTS) is 1. The highest BCUT2D eigenvalue weighted by Crippen LogP contribution is 2.21. The zero-order valence-corrected chi connectivity index (χ0v) is 8.69. The minimum atomic E-state index is -0.779. The van der Waals surface area contributed by atoms with E-state index in [2.05, 4.69) is 12.6 Å². The molecule has 0 amide bonds. The van der Waals surface area contributed by atoms with Crippen molar-refractivity contribution in [3.05, 3.63) is 11.6 Å². The van der Waals surface area contributed by atoms with Gasteiger partial charge in [0.1, 0.15) is 0 Å². The molecule has 12 heavy (non-hydrogen) atoms. The summed E-state index contributed by atoms with van der Waals surface area (Å²) >= 11 is 4.17. The van der Waals surface area contributed by atoms with E-state index in [0.717, 1.165) is 11.3 Å². The lowest BCUT2D eigenvalue weighted by Gasteiger charge is -2.17. The Balaban J connectivity index is 4.24. The first-order valence-electron chi connectivity index (χ1n) is 3.88. The van der Waals surface area contributed by atoms with Crippen LogP contribution >= 0.6 is 12.6 Å². The van der Waals surface area contributed by atoms with E-state index in [1.165, 1.54) is 0 Å². The van der Waals surface area contributed by atoms with Crippen LogP contribution in [0.1, 0.15) is 27.2 Å². The van der Waals surface area contributed by atoms with Crippen LogP contribution in [0, 0.1) is 5.41 Å². The third-order valence-corrected chi connectivity index (χ3v) is 2.29. The van der Waals surface area contributed by atoms with E-state index in [1.54, 1.807) is 0 Å². The number of carbonyl (C=O) groups is 1. The molecule has 0 aliphatic heterocycles. The predicted octanol–water partition coefficient (Wildman–Crippen LogP) is 2.36. The van der Waals surface area contributed by atoms with Crippen LogP contribution in [-0.4, -0.2) is 16.8 Å². The molecule has 0 radical (unpaired) electrons. The van der Waals surface area contributed by atoms with E-state index < -0.39 is 5.97 Å². The van der Waals surface area contributed by atoms with Gasteiger partial charge in [-0.15, -0.1) is 0 Å². The van der Waals surface area contributed by atoms with Crippen molar-refractivity contribution >= 4 is 18.6 Å². The quantitative estimate of drug-likeness (QED) is 0.525. The molecule has 3 heteroatoms. The van der Waals surface area contributed by atoms with Gasteiger partial charge in [0, 0.05) is 0 Å². The van der Waals surface area contributed by atoms with E-state index in [0.29, 0.717) is 0 Å². The number of hydrogen-bond donors (Lipinski definition) is 2. The van der Waals surface area contributed by atoms with Gasteiger partial charge in [-0.1, -0.05) is 25.5 Å². The molecular weight excluding hydrogens is 172 g/mol. The van der Waals surface area contributed by atoms with Gasteiger partial charge >= 0.3 is 5.97 Å². The van der Waals surface area contributed by atoms with Crippen LogP contribution in [0.4, 0.5) is 0 Å². The van der Waals surface area contributed by atoms with E-state index in [4.69, 9.17) is 5.11 Å². The van der Waals surface area contributed by atoms with E-state index in [9.17, 15) is 4.79 Å². The standard InChI is InChI=1S/C9H16O2S/c1-7(4-8(10)11)5-9(2,3)6-12/h5,12H,4,6H2,1-3H3,(H,10,11)/b7-5+. The first-order valence-corrected chi connectivity index (χ1v) is 4.51. The maximum Gasteiger partial charge on any atom is 0.307 e. The molecule has 0 atom stereocenters. The van der Waals surface area contributed by atoms with Crippen molar-refractivity contribution < 1.29 is 9.90 Å². The third kappa shape index (κ3) is 5.24. The van der Waals surface area contributed by atoms with Crippen molar-refractivity contribution in [1.29, 1.82) is 0 Å². The maximum atomic E-state index is 10.3. The maximum absolute atomic E-state index is 10.3. The second-order valence-corrected chi connectivity index (χ2v) is 4.02. The molecule has 0 aliphatic carbocycles. The van der Waals surface area contributed by atoms with Gasteiger partial charge in [0.15, 0.2) is 0 Å². The van der Waals surface area contributed by atoms with Crippen molar-refractivity contribution in [2.75, 3.05) is 5.75 Å². The van der Waals surface area contributed by atoms with Crippen molar-refractivity contribution in [1.82, 2.24) is 0 Å². The fourth-order valence-electron chi connectivity index (χ4n) is 1.00. The summed E-state index contributed by atoms with van der Waals surface area (Å²) in [5, 5.41) is 8.49. The molecule has 70 valence electrons. The molecule has 0 fully saturated rings. The lowest BCUT2D eigenvalue weighted by atomic mass is 9.93. The molecule has 0 aromatic rings. The Morgan fingerprint density at radius 2 is 2.08 bits per heavy atom. The Kier molecular flexibility index (Phi) is 4.39. The van der Waals surface area contributed by atoms with Crippen molar-refractivity contribution in [3.63, 3.8) is 0 Å². The first kappa shape index (κ1) is 11.6. The van der Waals surface area contributed by atoms with Gasteiger partial charge in [-0.3, -0.25) is 4.79 Å². The molecule has 0 aromatic carbocycles. The third-order valence-electron chi connectivity index (χ3n) is 1.47. The van der Waals surface area contributed by atoms with E-state index >= 15 is 0 Å². The highest BCUT2D eigenvalue weighted by molar-refractivity contribution is 7.80. The van der Waals surface area contributed by atoms with Crippen molar-refractivity contribution in [2.45, 2.75) is 27.2 Å². The Bertz CT molecular complexity index is 195. The topological polar surface area (TPSA) is 37.3 Å². The number of hydrogen-bond acceptors (Lipinski definition) is 2. The average molecular weight is 188 g/mol. The summed E-state index contributed by atoms with van der Waals surface area (Å²) in [7, 11) is 0. The normalized spacial score (nSPS) is 13.2. The predicted molar refractivity (Wildman–Crippen MR) is 53.6 cm³/mol. The number of aliphatic carboxylic acids is 1. The Labute approximate surface area is 79.1 Å². The summed E-state index contributed by atoms with van der Waals surface area (Å²) in [6.45, 7) is 5.90. The fourth-order valence-corrected chi connectivity index (χ4v) is 1.09. The van der Waals surface area contributed by atoms with Gasteiger partial charge in [0.05, 0.1) is 6.42 Å². The van der Waals surface area contributed by atoms with Crippen LogP contribution in [0.15, 0.2) is 11.6 Å². The SMILES string of the molecule is C/C(=C\C(C)(C)CS)CC(=O)O.